The van der Waals surface area contributed by atoms with Crippen molar-refractivity contribution in [3.8, 4) is 0 Å². The monoisotopic (exact) mass is 212 g/mol. The van der Waals surface area contributed by atoms with Crippen LogP contribution in [0.25, 0.3) is 0 Å². The fourth-order valence-corrected chi connectivity index (χ4v) is 1.64. The second-order valence-corrected chi connectivity index (χ2v) is 3.94. The number of carboxylic acids is 1. The summed E-state index contributed by atoms with van der Waals surface area (Å²) in [5, 5.41) is 8.22. The molecule has 0 amide bonds. The summed E-state index contributed by atoms with van der Waals surface area (Å²) in [6, 6.07) is 7.87. The lowest BCUT2D eigenvalue weighted by molar-refractivity contribution is -0.137. The number of aliphatic carboxylic acids is 1. The average Bonchev–Trinajstić information content (AvgIpc) is 2.07. The first kappa shape index (κ1) is 11.1. The van der Waals surface area contributed by atoms with Crippen molar-refractivity contribution in [3.63, 3.8) is 0 Å². The zero-order valence-corrected chi connectivity index (χ0v) is 8.79. The molecule has 0 aliphatic heterocycles. The first-order valence-corrected chi connectivity index (χ1v) is 4.93. The summed E-state index contributed by atoms with van der Waals surface area (Å²) >= 11 is 5.90. The van der Waals surface area contributed by atoms with E-state index in [9.17, 15) is 4.79 Å². The van der Waals surface area contributed by atoms with E-state index >= 15 is 0 Å². The van der Waals surface area contributed by atoms with Gasteiger partial charge in [0.15, 0.2) is 0 Å². The summed E-state index contributed by atoms with van der Waals surface area (Å²) in [5.41, 5.74) is 2.28. The minimum Gasteiger partial charge on any atom is -0.481 e. The highest BCUT2D eigenvalue weighted by Crippen LogP contribution is 2.14. The molecule has 14 heavy (non-hydrogen) atoms. The van der Waals surface area contributed by atoms with Gasteiger partial charge in [0.05, 0.1) is 6.42 Å². The maximum Gasteiger partial charge on any atom is 0.304 e. The van der Waals surface area contributed by atoms with Gasteiger partial charge in [-0.05, 0) is 24.5 Å². The van der Waals surface area contributed by atoms with E-state index in [-0.39, 0.29) is 11.8 Å². The van der Waals surface area contributed by atoms with Gasteiger partial charge in [-0.15, -0.1) is 11.6 Å². The third-order valence-electron chi connectivity index (χ3n) is 2.10. The van der Waals surface area contributed by atoms with E-state index in [1.165, 1.54) is 0 Å². The highest BCUT2D eigenvalue weighted by molar-refractivity contribution is 6.21. The number of rotatable bonds is 4. The molecule has 0 bridgehead atoms. The molecule has 0 saturated carbocycles. The number of carbonyl (C=O) groups is 1. The Balaban J connectivity index is 2.60. The van der Waals surface area contributed by atoms with E-state index in [0.29, 0.717) is 6.42 Å². The molecule has 0 fully saturated rings. The Morgan fingerprint density at radius 3 is 2.71 bits per heavy atom. The summed E-state index contributed by atoms with van der Waals surface area (Å²) in [7, 11) is 0. The fourth-order valence-electron chi connectivity index (χ4n) is 1.34. The molecule has 76 valence electrons. The molecule has 1 N–H and O–H groups in total. The minimum absolute atomic E-state index is 0.00981. The van der Waals surface area contributed by atoms with Crippen LogP contribution in [0.2, 0.25) is 0 Å². The van der Waals surface area contributed by atoms with Crippen molar-refractivity contribution in [2.24, 2.45) is 0 Å². The van der Waals surface area contributed by atoms with Crippen LogP contribution in [0.4, 0.5) is 0 Å². The average molecular weight is 213 g/mol. The summed E-state index contributed by atoms with van der Waals surface area (Å²) in [6.07, 6.45) is 0.621. The van der Waals surface area contributed by atoms with Crippen molar-refractivity contribution >= 4 is 17.6 Å². The van der Waals surface area contributed by atoms with E-state index in [2.05, 4.69) is 0 Å². The molecule has 3 heteroatoms. The fraction of sp³-hybridized carbons (Fsp3) is 0.364. The second kappa shape index (κ2) is 5.01. The van der Waals surface area contributed by atoms with Gasteiger partial charge in [-0.25, -0.2) is 0 Å². The van der Waals surface area contributed by atoms with Crippen molar-refractivity contribution in [3.05, 3.63) is 35.4 Å². The molecule has 1 rings (SSSR count). The van der Waals surface area contributed by atoms with Crippen molar-refractivity contribution < 1.29 is 9.90 Å². The third kappa shape index (κ3) is 3.38. The van der Waals surface area contributed by atoms with Crippen LogP contribution < -0.4 is 0 Å². The molecule has 0 radical (unpaired) electrons. The molecule has 0 aromatic heterocycles. The van der Waals surface area contributed by atoms with Gasteiger partial charge < -0.3 is 5.11 Å². The van der Waals surface area contributed by atoms with E-state index in [1.54, 1.807) is 0 Å². The Kier molecular flexibility index (Phi) is 3.96. The van der Waals surface area contributed by atoms with Crippen LogP contribution in [0.3, 0.4) is 0 Å². The first-order chi connectivity index (χ1) is 6.59. The van der Waals surface area contributed by atoms with Crippen molar-refractivity contribution in [2.45, 2.75) is 25.1 Å². The smallest absolute Gasteiger partial charge is 0.304 e. The van der Waals surface area contributed by atoms with Gasteiger partial charge in [-0.2, -0.15) is 0 Å². The van der Waals surface area contributed by atoms with Crippen LogP contribution in [-0.4, -0.2) is 16.5 Å². The summed E-state index contributed by atoms with van der Waals surface area (Å²) < 4.78 is 0. The van der Waals surface area contributed by atoms with Crippen molar-refractivity contribution in [1.29, 1.82) is 0 Å². The maximum atomic E-state index is 10.4. The third-order valence-corrected chi connectivity index (χ3v) is 2.41. The largest absolute Gasteiger partial charge is 0.481 e. The molecular weight excluding hydrogens is 200 g/mol. The molecular formula is C11H13ClO2. The molecule has 0 spiro atoms. The molecule has 1 unspecified atom stereocenters. The topological polar surface area (TPSA) is 37.3 Å². The molecule has 1 aromatic rings. The van der Waals surface area contributed by atoms with Crippen LogP contribution in [0, 0.1) is 6.92 Å². The Bertz CT molecular complexity index is 323. The van der Waals surface area contributed by atoms with Crippen LogP contribution in [-0.2, 0) is 11.2 Å². The zero-order chi connectivity index (χ0) is 10.6. The van der Waals surface area contributed by atoms with Gasteiger partial charge in [0.25, 0.3) is 0 Å². The summed E-state index contributed by atoms with van der Waals surface area (Å²) in [4.78, 5) is 10.4. The normalized spacial score (nSPS) is 12.4. The molecule has 0 saturated heterocycles. The predicted molar refractivity (Wildman–Crippen MR) is 56.8 cm³/mol. The number of hydrogen-bond acceptors (Lipinski definition) is 1. The standard InChI is InChI=1S/C11H13ClO2/c1-8-4-2-3-5-9(8)6-10(12)7-11(13)14/h2-5,10H,6-7H2,1H3,(H,13,14). The molecule has 0 aliphatic carbocycles. The zero-order valence-electron chi connectivity index (χ0n) is 8.03. The quantitative estimate of drug-likeness (QED) is 0.780. The molecule has 0 heterocycles. The molecule has 2 nitrogen and oxygen atoms in total. The van der Waals surface area contributed by atoms with E-state index < -0.39 is 5.97 Å². The lowest BCUT2D eigenvalue weighted by atomic mass is 10.0. The molecule has 1 atom stereocenters. The Labute approximate surface area is 88.5 Å². The highest BCUT2D eigenvalue weighted by Gasteiger charge is 2.11. The van der Waals surface area contributed by atoms with Gasteiger partial charge >= 0.3 is 5.97 Å². The van der Waals surface area contributed by atoms with Crippen LogP contribution >= 0.6 is 11.6 Å². The first-order valence-electron chi connectivity index (χ1n) is 4.50. The summed E-state index contributed by atoms with van der Waals surface area (Å²) in [6.45, 7) is 2.00. The maximum absolute atomic E-state index is 10.4. The van der Waals surface area contributed by atoms with Gasteiger partial charge in [-0.1, -0.05) is 24.3 Å². The van der Waals surface area contributed by atoms with E-state index in [1.807, 2.05) is 31.2 Å². The van der Waals surface area contributed by atoms with Crippen molar-refractivity contribution in [1.82, 2.24) is 0 Å². The number of alkyl halides is 1. The second-order valence-electron chi connectivity index (χ2n) is 3.33. The van der Waals surface area contributed by atoms with E-state index in [0.717, 1.165) is 11.1 Å². The SMILES string of the molecule is Cc1ccccc1CC(Cl)CC(=O)O. The highest BCUT2D eigenvalue weighted by atomic mass is 35.5. The number of benzene rings is 1. The number of halogens is 1. The van der Waals surface area contributed by atoms with Crippen LogP contribution in [0.5, 0.6) is 0 Å². The van der Waals surface area contributed by atoms with E-state index in [4.69, 9.17) is 16.7 Å². The minimum atomic E-state index is -0.849. The Morgan fingerprint density at radius 2 is 2.14 bits per heavy atom. The lowest BCUT2D eigenvalue weighted by Gasteiger charge is -2.08. The Hall–Kier alpha value is -1.02. The number of hydrogen-bond donors (Lipinski definition) is 1. The molecule has 0 aliphatic rings. The number of carboxylic acid groups (broad SMARTS) is 1. The Morgan fingerprint density at radius 1 is 1.50 bits per heavy atom. The van der Waals surface area contributed by atoms with Crippen LogP contribution in [0.15, 0.2) is 24.3 Å². The number of aryl methyl sites for hydroxylation is 1. The van der Waals surface area contributed by atoms with Gasteiger partial charge in [0.1, 0.15) is 0 Å². The lowest BCUT2D eigenvalue weighted by Crippen LogP contribution is -2.10. The predicted octanol–water partition coefficient (Wildman–Crippen LogP) is 2.62. The summed E-state index contributed by atoms with van der Waals surface area (Å²) in [5.74, 6) is -0.849. The van der Waals surface area contributed by atoms with Gasteiger partial charge in [0.2, 0.25) is 0 Å². The van der Waals surface area contributed by atoms with Crippen LogP contribution in [0.1, 0.15) is 17.5 Å². The van der Waals surface area contributed by atoms with Crippen molar-refractivity contribution in [2.75, 3.05) is 0 Å². The van der Waals surface area contributed by atoms with Gasteiger partial charge in [-0.3, -0.25) is 4.79 Å². The molecule has 1 aromatic carbocycles. The van der Waals surface area contributed by atoms with Gasteiger partial charge in [0, 0.05) is 5.38 Å².